The molecule has 1 unspecified atom stereocenters. The van der Waals surface area contributed by atoms with E-state index >= 15 is 0 Å². The highest BCUT2D eigenvalue weighted by molar-refractivity contribution is 6.23. The van der Waals surface area contributed by atoms with Crippen LogP contribution in [0.2, 0.25) is 0 Å². The second-order valence-electron chi connectivity index (χ2n) is 14.1. The largest absolute Gasteiger partial charge is 0.0804 e. The van der Waals surface area contributed by atoms with Gasteiger partial charge in [0.15, 0.2) is 0 Å². The average Bonchev–Trinajstić information content (AvgIpc) is 3.10. The van der Waals surface area contributed by atoms with E-state index in [1.54, 1.807) is 0 Å². The average molecular weight is 593 g/mol. The molecule has 1 aliphatic carbocycles. The van der Waals surface area contributed by atoms with Gasteiger partial charge in [-0.2, -0.15) is 0 Å². The summed E-state index contributed by atoms with van der Waals surface area (Å²) in [5.74, 6) is 0.734. The Morgan fingerprint density at radius 3 is 1.78 bits per heavy atom. The molecular formula is C46H40. The van der Waals surface area contributed by atoms with Gasteiger partial charge in [0.1, 0.15) is 0 Å². The smallest absolute Gasteiger partial charge is 0.00199 e. The van der Waals surface area contributed by atoms with Crippen molar-refractivity contribution in [3.63, 3.8) is 0 Å². The van der Waals surface area contributed by atoms with Gasteiger partial charge < -0.3 is 0 Å². The van der Waals surface area contributed by atoms with Crippen molar-refractivity contribution in [2.75, 3.05) is 0 Å². The fourth-order valence-corrected chi connectivity index (χ4v) is 7.77. The Balaban J connectivity index is 1.39. The Morgan fingerprint density at radius 1 is 0.478 bits per heavy atom. The number of rotatable bonds is 4. The van der Waals surface area contributed by atoms with Gasteiger partial charge in [-0.15, -0.1) is 0 Å². The number of benzene rings is 7. The molecule has 0 fully saturated rings. The molecule has 0 spiro atoms. The third-order valence-electron chi connectivity index (χ3n) is 10.4. The van der Waals surface area contributed by atoms with Gasteiger partial charge in [-0.05, 0) is 113 Å². The lowest BCUT2D eigenvalue weighted by Gasteiger charge is -2.33. The van der Waals surface area contributed by atoms with Gasteiger partial charge in [0.25, 0.3) is 0 Å². The number of allylic oxidation sites excluding steroid dienone is 2. The molecule has 0 radical (unpaired) electrons. The summed E-state index contributed by atoms with van der Waals surface area (Å²) in [6.45, 7) is 7.17. The van der Waals surface area contributed by atoms with Crippen LogP contribution >= 0.6 is 0 Å². The lowest BCUT2D eigenvalue weighted by Crippen LogP contribution is -2.21. The van der Waals surface area contributed by atoms with Gasteiger partial charge in [-0.1, -0.05) is 160 Å². The summed E-state index contributed by atoms with van der Waals surface area (Å²) in [5.41, 5.74) is 10.9. The first-order valence-corrected chi connectivity index (χ1v) is 16.8. The van der Waals surface area contributed by atoms with E-state index in [0.717, 1.165) is 18.8 Å². The molecule has 0 nitrogen and oxygen atoms in total. The molecule has 46 heavy (non-hydrogen) atoms. The normalized spacial score (nSPS) is 15.4. The van der Waals surface area contributed by atoms with E-state index < -0.39 is 0 Å². The van der Waals surface area contributed by atoms with E-state index in [1.165, 1.54) is 83.3 Å². The molecule has 0 N–H and O–H groups in total. The van der Waals surface area contributed by atoms with Crippen molar-refractivity contribution in [1.82, 2.24) is 0 Å². The van der Waals surface area contributed by atoms with Crippen LogP contribution in [0.1, 0.15) is 45.6 Å². The van der Waals surface area contributed by atoms with E-state index in [4.69, 9.17) is 0 Å². The van der Waals surface area contributed by atoms with E-state index in [1.807, 2.05) is 0 Å². The fourth-order valence-electron chi connectivity index (χ4n) is 7.77. The number of hydrogen-bond donors (Lipinski definition) is 0. The summed E-state index contributed by atoms with van der Waals surface area (Å²) in [6, 6.07) is 51.8. The quantitative estimate of drug-likeness (QED) is 0.178. The monoisotopic (exact) mass is 592 g/mol. The molecule has 0 saturated carbocycles. The summed E-state index contributed by atoms with van der Waals surface area (Å²) < 4.78 is 0. The summed E-state index contributed by atoms with van der Waals surface area (Å²) in [7, 11) is 0. The Morgan fingerprint density at radius 2 is 1.07 bits per heavy atom. The van der Waals surface area contributed by atoms with Crippen LogP contribution in [0.15, 0.2) is 146 Å². The third kappa shape index (κ3) is 5.03. The SMILES string of the molecule is CC(C)(C)C1CC=C(c2ccc3c(-c4ccc(-c5ccccc5)cc4)c4ccccc4c(-c4cccc5ccccc45)c3c2)CC1. The van der Waals surface area contributed by atoms with Crippen molar-refractivity contribution in [2.24, 2.45) is 11.3 Å². The number of hydrogen-bond acceptors (Lipinski definition) is 0. The van der Waals surface area contributed by atoms with Gasteiger partial charge in [0, 0.05) is 0 Å². The minimum absolute atomic E-state index is 0.344. The predicted molar refractivity (Wildman–Crippen MR) is 200 cm³/mol. The lowest BCUT2D eigenvalue weighted by atomic mass is 9.72. The van der Waals surface area contributed by atoms with E-state index in [-0.39, 0.29) is 0 Å². The van der Waals surface area contributed by atoms with Crippen molar-refractivity contribution >= 4 is 37.9 Å². The second-order valence-corrected chi connectivity index (χ2v) is 14.1. The Hall–Kier alpha value is -4.94. The highest BCUT2D eigenvalue weighted by atomic mass is 14.3. The Labute approximate surface area is 273 Å². The molecular weight excluding hydrogens is 553 g/mol. The fraction of sp³-hybridized carbons (Fsp3) is 0.174. The highest BCUT2D eigenvalue weighted by Gasteiger charge is 2.27. The van der Waals surface area contributed by atoms with Gasteiger partial charge >= 0.3 is 0 Å². The second kappa shape index (κ2) is 11.5. The van der Waals surface area contributed by atoms with Crippen LogP contribution in [0.3, 0.4) is 0 Å². The van der Waals surface area contributed by atoms with Crippen molar-refractivity contribution in [2.45, 2.75) is 40.0 Å². The summed E-state index contributed by atoms with van der Waals surface area (Å²) >= 11 is 0. The van der Waals surface area contributed by atoms with Crippen molar-refractivity contribution < 1.29 is 0 Å². The maximum atomic E-state index is 2.53. The molecule has 7 aromatic carbocycles. The topological polar surface area (TPSA) is 0 Å². The molecule has 1 atom stereocenters. The van der Waals surface area contributed by atoms with Crippen molar-refractivity contribution in [3.05, 3.63) is 151 Å². The standard InChI is InChI=1S/C46H40/c1-46(2,3)37-27-24-33(25-28-37)36-26-29-42-43(30-36)45(39-19-11-15-34-14-7-8-16-38(34)39)41-18-10-9-17-40(41)44(42)35-22-20-32(21-23-35)31-12-5-4-6-13-31/h4-24,26,29-30,37H,25,27-28H2,1-3H3. The van der Waals surface area contributed by atoms with Crippen LogP contribution in [-0.4, -0.2) is 0 Å². The van der Waals surface area contributed by atoms with Gasteiger partial charge in [0.05, 0.1) is 0 Å². The zero-order valence-corrected chi connectivity index (χ0v) is 27.1. The maximum absolute atomic E-state index is 2.53. The van der Waals surface area contributed by atoms with Gasteiger partial charge in [0.2, 0.25) is 0 Å². The molecule has 8 rings (SSSR count). The van der Waals surface area contributed by atoms with E-state index in [9.17, 15) is 0 Å². The molecule has 0 heteroatoms. The Kier molecular flexibility index (Phi) is 7.10. The number of fused-ring (bicyclic) bond motifs is 3. The summed E-state index contributed by atoms with van der Waals surface area (Å²) in [6.07, 6.45) is 6.07. The predicted octanol–water partition coefficient (Wildman–Crippen LogP) is 13.4. The molecule has 1 aliphatic rings. The molecule has 0 bridgehead atoms. The third-order valence-corrected chi connectivity index (χ3v) is 10.4. The molecule has 0 aliphatic heterocycles. The van der Waals surface area contributed by atoms with Crippen molar-refractivity contribution in [1.29, 1.82) is 0 Å². The van der Waals surface area contributed by atoms with Gasteiger partial charge in [-0.3, -0.25) is 0 Å². The molecule has 7 aromatic rings. The lowest BCUT2D eigenvalue weighted by molar-refractivity contribution is 0.225. The Bertz CT molecular complexity index is 2240. The zero-order valence-electron chi connectivity index (χ0n) is 27.1. The van der Waals surface area contributed by atoms with E-state index in [2.05, 4.69) is 166 Å². The van der Waals surface area contributed by atoms with Crippen LogP contribution in [0, 0.1) is 11.3 Å². The van der Waals surface area contributed by atoms with Crippen LogP contribution < -0.4 is 0 Å². The zero-order chi connectivity index (χ0) is 31.3. The summed E-state index contributed by atoms with van der Waals surface area (Å²) in [5, 5.41) is 7.80. The van der Waals surface area contributed by atoms with Crippen molar-refractivity contribution in [3.8, 4) is 33.4 Å². The van der Waals surface area contributed by atoms with Crippen LogP contribution in [0.4, 0.5) is 0 Å². The first-order valence-electron chi connectivity index (χ1n) is 16.8. The minimum atomic E-state index is 0.344. The maximum Gasteiger partial charge on any atom is -0.00199 e. The first kappa shape index (κ1) is 28.5. The molecule has 224 valence electrons. The highest BCUT2D eigenvalue weighted by Crippen LogP contribution is 2.47. The summed E-state index contributed by atoms with van der Waals surface area (Å²) in [4.78, 5) is 0. The van der Waals surface area contributed by atoms with Gasteiger partial charge in [-0.25, -0.2) is 0 Å². The molecule has 0 aromatic heterocycles. The van der Waals surface area contributed by atoms with Crippen LogP contribution in [-0.2, 0) is 0 Å². The minimum Gasteiger partial charge on any atom is -0.0804 e. The van der Waals surface area contributed by atoms with Crippen LogP contribution in [0.5, 0.6) is 0 Å². The molecule has 0 heterocycles. The van der Waals surface area contributed by atoms with Crippen LogP contribution in [0.25, 0.3) is 71.3 Å². The first-order chi connectivity index (χ1) is 22.5. The van der Waals surface area contributed by atoms with E-state index in [0.29, 0.717) is 5.41 Å². The molecule has 0 amide bonds. The molecule has 0 saturated heterocycles.